The molecule has 3 aromatic rings. The third kappa shape index (κ3) is 3.96. The maximum Gasteiger partial charge on any atom is 0.253 e. The molecule has 1 aliphatic heterocycles. The zero-order valence-electron chi connectivity index (χ0n) is 16.2. The molecule has 0 bridgehead atoms. The number of piperidine rings is 1. The van der Waals surface area contributed by atoms with Gasteiger partial charge in [-0.3, -0.25) is 14.8 Å². The molecular formula is C22H25N5O. The van der Waals surface area contributed by atoms with E-state index in [1.54, 1.807) is 6.20 Å². The largest absolute Gasteiger partial charge is 0.338 e. The molecular weight excluding hydrogens is 350 g/mol. The van der Waals surface area contributed by atoms with Gasteiger partial charge in [0.2, 0.25) is 0 Å². The Bertz CT molecular complexity index is 937. The standard InChI is InChI=1S/C22H25N5O/c1-2-20-14-18(7-10-24-20)22(28)27-12-3-4-19(16-27)21-25-11-13-26(21)15-17-5-8-23-9-6-17/h5-11,13-14,19H,2-4,12,15-16H2,1H3/t19-/m1/s1. The van der Waals surface area contributed by atoms with Crippen molar-refractivity contribution in [2.75, 3.05) is 13.1 Å². The number of nitrogens with zero attached hydrogens (tertiary/aromatic N) is 5. The molecule has 0 radical (unpaired) electrons. The molecule has 144 valence electrons. The van der Waals surface area contributed by atoms with Crippen molar-refractivity contribution in [1.82, 2.24) is 24.4 Å². The second-order valence-electron chi connectivity index (χ2n) is 7.25. The predicted molar refractivity (Wildman–Crippen MR) is 107 cm³/mol. The van der Waals surface area contributed by atoms with Gasteiger partial charge in [0.15, 0.2) is 0 Å². The van der Waals surface area contributed by atoms with Gasteiger partial charge >= 0.3 is 0 Å². The molecule has 0 N–H and O–H groups in total. The van der Waals surface area contributed by atoms with Gasteiger partial charge in [0.25, 0.3) is 5.91 Å². The summed E-state index contributed by atoms with van der Waals surface area (Å²) in [6.45, 7) is 4.32. The summed E-state index contributed by atoms with van der Waals surface area (Å²) >= 11 is 0. The van der Waals surface area contributed by atoms with Crippen LogP contribution < -0.4 is 0 Å². The second-order valence-corrected chi connectivity index (χ2v) is 7.25. The molecule has 0 aliphatic carbocycles. The van der Waals surface area contributed by atoms with Crippen molar-refractivity contribution in [1.29, 1.82) is 0 Å². The van der Waals surface area contributed by atoms with Crippen molar-refractivity contribution in [2.45, 2.75) is 38.6 Å². The number of hydrogen-bond acceptors (Lipinski definition) is 4. The van der Waals surface area contributed by atoms with Crippen LogP contribution in [-0.4, -0.2) is 43.4 Å². The molecule has 3 aromatic heterocycles. The maximum absolute atomic E-state index is 13.0. The fourth-order valence-corrected chi connectivity index (χ4v) is 3.86. The van der Waals surface area contributed by atoms with Crippen LogP contribution in [0.3, 0.4) is 0 Å². The van der Waals surface area contributed by atoms with Crippen molar-refractivity contribution < 1.29 is 4.79 Å². The minimum absolute atomic E-state index is 0.0917. The molecule has 1 saturated heterocycles. The number of pyridine rings is 2. The average molecular weight is 375 g/mol. The number of carbonyl (C=O) groups is 1. The van der Waals surface area contributed by atoms with E-state index in [-0.39, 0.29) is 11.8 Å². The molecule has 0 spiro atoms. The van der Waals surface area contributed by atoms with Crippen LogP contribution in [-0.2, 0) is 13.0 Å². The molecule has 4 heterocycles. The van der Waals surface area contributed by atoms with Crippen molar-refractivity contribution in [3.8, 4) is 0 Å². The molecule has 1 aliphatic rings. The first kappa shape index (κ1) is 18.3. The third-order valence-electron chi connectivity index (χ3n) is 5.35. The lowest BCUT2D eigenvalue weighted by atomic mass is 9.96. The highest BCUT2D eigenvalue weighted by molar-refractivity contribution is 5.94. The van der Waals surface area contributed by atoms with E-state index < -0.39 is 0 Å². The van der Waals surface area contributed by atoms with Gasteiger partial charge in [0, 0.05) is 67.8 Å². The van der Waals surface area contributed by atoms with Gasteiger partial charge in [-0.15, -0.1) is 0 Å². The number of aromatic nitrogens is 4. The van der Waals surface area contributed by atoms with E-state index in [9.17, 15) is 4.79 Å². The summed E-state index contributed by atoms with van der Waals surface area (Å²) in [5, 5.41) is 0. The van der Waals surface area contributed by atoms with E-state index in [2.05, 4.69) is 26.4 Å². The topological polar surface area (TPSA) is 63.9 Å². The number of amides is 1. The Balaban J connectivity index is 1.50. The lowest BCUT2D eigenvalue weighted by Crippen LogP contribution is -2.39. The highest BCUT2D eigenvalue weighted by Gasteiger charge is 2.28. The van der Waals surface area contributed by atoms with Crippen molar-refractivity contribution >= 4 is 5.91 Å². The number of rotatable bonds is 5. The Morgan fingerprint density at radius 2 is 2.00 bits per heavy atom. The molecule has 1 fully saturated rings. The number of aryl methyl sites for hydroxylation is 1. The third-order valence-corrected chi connectivity index (χ3v) is 5.35. The van der Waals surface area contributed by atoms with Crippen LogP contribution in [0.5, 0.6) is 0 Å². The monoisotopic (exact) mass is 375 g/mol. The molecule has 0 saturated carbocycles. The molecule has 6 nitrogen and oxygen atoms in total. The quantitative estimate of drug-likeness (QED) is 0.686. The zero-order chi connectivity index (χ0) is 19.3. The summed E-state index contributed by atoms with van der Waals surface area (Å²) in [7, 11) is 0. The van der Waals surface area contributed by atoms with Crippen LogP contribution in [0.1, 0.15) is 53.1 Å². The average Bonchev–Trinajstić information content (AvgIpc) is 3.22. The summed E-state index contributed by atoms with van der Waals surface area (Å²) in [4.78, 5) is 28.0. The number of likely N-dealkylation sites (tertiary alicyclic amines) is 1. The molecule has 0 aromatic carbocycles. The van der Waals surface area contributed by atoms with Crippen LogP contribution in [0, 0.1) is 0 Å². The van der Waals surface area contributed by atoms with E-state index in [1.165, 1.54) is 5.56 Å². The van der Waals surface area contributed by atoms with Gasteiger partial charge in [0.1, 0.15) is 5.82 Å². The van der Waals surface area contributed by atoms with Crippen LogP contribution in [0.15, 0.2) is 55.2 Å². The Morgan fingerprint density at radius 3 is 2.82 bits per heavy atom. The van der Waals surface area contributed by atoms with Crippen molar-refractivity contribution in [3.05, 3.63) is 77.9 Å². The normalized spacial score (nSPS) is 16.9. The number of hydrogen-bond donors (Lipinski definition) is 0. The molecule has 1 atom stereocenters. The summed E-state index contributed by atoms with van der Waals surface area (Å²) in [6.07, 6.45) is 12.1. The van der Waals surface area contributed by atoms with Gasteiger partial charge in [-0.1, -0.05) is 6.92 Å². The van der Waals surface area contributed by atoms with Crippen LogP contribution in [0.2, 0.25) is 0 Å². The SMILES string of the molecule is CCc1cc(C(=O)N2CCC[C@@H](c3nccn3Cc3ccncc3)C2)ccn1. The molecule has 28 heavy (non-hydrogen) atoms. The van der Waals surface area contributed by atoms with Gasteiger partial charge in [-0.05, 0) is 49.1 Å². The molecule has 1 amide bonds. The second kappa shape index (κ2) is 8.33. The van der Waals surface area contributed by atoms with E-state index in [4.69, 9.17) is 0 Å². The number of carbonyl (C=O) groups excluding carboxylic acids is 1. The predicted octanol–water partition coefficient (Wildman–Crippen LogP) is 3.30. The van der Waals surface area contributed by atoms with E-state index in [0.717, 1.165) is 49.4 Å². The van der Waals surface area contributed by atoms with E-state index in [1.807, 2.05) is 54.0 Å². The lowest BCUT2D eigenvalue weighted by Gasteiger charge is -2.33. The minimum Gasteiger partial charge on any atom is -0.338 e. The molecule has 4 rings (SSSR count). The Labute approximate surface area is 165 Å². The lowest BCUT2D eigenvalue weighted by molar-refractivity contribution is 0.0703. The van der Waals surface area contributed by atoms with E-state index >= 15 is 0 Å². The Kier molecular flexibility index (Phi) is 5.46. The van der Waals surface area contributed by atoms with E-state index in [0.29, 0.717) is 6.54 Å². The fourth-order valence-electron chi connectivity index (χ4n) is 3.86. The summed E-state index contributed by atoms with van der Waals surface area (Å²) in [6, 6.07) is 7.77. The smallest absolute Gasteiger partial charge is 0.253 e. The minimum atomic E-state index is 0.0917. The van der Waals surface area contributed by atoms with Gasteiger partial charge in [-0.25, -0.2) is 4.98 Å². The summed E-state index contributed by atoms with van der Waals surface area (Å²) in [5.74, 6) is 1.40. The van der Waals surface area contributed by atoms with Crippen LogP contribution in [0.4, 0.5) is 0 Å². The Hall–Kier alpha value is -3.02. The first-order valence-electron chi connectivity index (χ1n) is 9.88. The summed E-state index contributed by atoms with van der Waals surface area (Å²) in [5.41, 5.74) is 2.88. The molecule has 0 unspecified atom stereocenters. The summed E-state index contributed by atoms with van der Waals surface area (Å²) < 4.78 is 2.19. The zero-order valence-corrected chi connectivity index (χ0v) is 16.2. The first-order chi connectivity index (χ1) is 13.7. The van der Waals surface area contributed by atoms with Gasteiger partial charge < -0.3 is 9.47 Å². The van der Waals surface area contributed by atoms with Gasteiger partial charge in [-0.2, -0.15) is 0 Å². The van der Waals surface area contributed by atoms with Crippen LogP contribution >= 0.6 is 0 Å². The van der Waals surface area contributed by atoms with Crippen LogP contribution in [0.25, 0.3) is 0 Å². The fraction of sp³-hybridized carbons (Fsp3) is 0.364. The first-order valence-corrected chi connectivity index (χ1v) is 9.88. The maximum atomic E-state index is 13.0. The Morgan fingerprint density at radius 1 is 1.14 bits per heavy atom. The van der Waals surface area contributed by atoms with Crippen molar-refractivity contribution in [3.63, 3.8) is 0 Å². The highest BCUT2D eigenvalue weighted by Crippen LogP contribution is 2.27. The molecule has 6 heteroatoms. The van der Waals surface area contributed by atoms with Gasteiger partial charge in [0.05, 0.1) is 0 Å². The highest BCUT2D eigenvalue weighted by atomic mass is 16.2. The number of imidazole rings is 1. The van der Waals surface area contributed by atoms with Crippen molar-refractivity contribution in [2.24, 2.45) is 0 Å².